The first-order valence-corrected chi connectivity index (χ1v) is 7.07. The molecule has 0 atom stereocenters. The van der Waals surface area contributed by atoms with Crippen LogP contribution in [0.15, 0.2) is 35.6 Å². The first-order valence-electron chi connectivity index (χ1n) is 6.08. The van der Waals surface area contributed by atoms with Crippen LogP contribution in [-0.4, -0.2) is 16.5 Å². The van der Waals surface area contributed by atoms with Crippen molar-refractivity contribution < 1.29 is 4.39 Å². The highest BCUT2D eigenvalue weighted by molar-refractivity contribution is 7.98. The minimum absolute atomic E-state index is 0.262. The lowest BCUT2D eigenvalue weighted by molar-refractivity contribution is 0.626. The van der Waals surface area contributed by atoms with Gasteiger partial charge in [0.05, 0.1) is 6.54 Å². The van der Waals surface area contributed by atoms with Crippen LogP contribution in [0.2, 0.25) is 0 Å². The van der Waals surface area contributed by atoms with Gasteiger partial charge in [-0.15, -0.1) is 0 Å². The number of rotatable bonds is 3. The number of aromatic nitrogens is 2. The SMILES string of the molecule is Cc1ccnc(SCc2cc(F)cc(C#CCN)c2)n1. The molecule has 3 nitrogen and oxygen atoms in total. The Labute approximate surface area is 121 Å². The largest absolute Gasteiger partial charge is 0.320 e. The monoisotopic (exact) mass is 287 g/mol. The molecule has 0 fully saturated rings. The summed E-state index contributed by atoms with van der Waals surface area (Å²) in [6.07, 6.45) is 1.72. The highest BCUT2D eigenvalue weighted by Gasteiger charge is 2.03. The predicted molar refractivity (Wildman–Crippen MR) is 78.7 cm³/mol. The summed E-state index contributed by atoms with van der Waals surface area (Å²) in [6.45, 7) is 2.17. The number of nitrogens with zero attached hydrogens (tertiary/aromatic N) is 2. The molecule has 0 saturated heterocycles. The maximum Gasteiger partial charge on any atom is 0.188 e. The Hall–Kier alpha value is -1.90. The molecule has 102 valence electrons. The topological polar surface area (TPSA) is 51.8 Å². The van der Waals surface area contributed by atoms with Crippen LogP contribution in [0.4, 0.5) is 4.39 Å². The molecule has 2 aromatic rings. The summed E-state index contributed by atoms with van der Waals surface area (Å²) >= 11 is 1.47. The van der Waals surface area contributed by atoms with E-state index in [1.165, 1.54) is 23.9 Å². The van der Waals surface area contributed by atoms with Gasteiger partial charge in [-0.25, -0.2) is 14.4 Å². The van der Waals surface area contributed by atoms with E-state index in [0.29, 0.717) is 16.5 Å². The van der Waals surface area contributed by atoms with Crippen molar-refractivity contribution >= 4 is 11.8 Å². The Morgan fingerprint density at radius 1 is 1.35 bits per heavy atom. The van der Waals surface area contributed by atoms with Crippen molar-refractivity contribution in [3.63, 3.8) is 0 Å². The minimum Gasteiger partial charge on any atom is -0.320 e. The Bertz CT molecular complexity index is 662. The highest BCUT2D eigenvalue weighted by Crippen LogP contribution is 2.20. The fourth-order valence-electron chi connectivity index (χ4n) is 1.60. The fraction of sp³-hybridized carbons (Fsp3) is 0.200. The first kappa shape index (κ1) is 14.5. The van der Waals surface area contributed by atoms with E-state index in [2.05, 4.69) is 21.8 Å². The first-order chi connectivity index (χ1) is 9.67. The van der Waals surface area contributed by atoms with E-state index in [1.807, 2.05) is 19.1 Å². The lowest BCUT2D eigenvalue weighted by atomic mass is 10.1. The molecule has 0 aliphatic heterocycles. The van der Waals surface area contributed by atoms with E-state index in [9.17, 15) is 4.39 Å². The van der Waals surface area contributed by atoms with Crippen molar-refractivity contribution in [3.8, 4) is 11.8 Å². The third kappa shape index (κ3) is 4.34. The van der Waals surface area contributed by atoms with E-state index in [0.717, 1.165) is 11.3 Å². The van der Waals surface area contributed by atoms with Crippen LogP contribution < -0.4 is 5.73 Å². The van der Waals surface area contributed by atoms with Crippen molar-refractivity contribution in [2.75, 3.05) is 6.54 Å². The standard InChI is InChI=1S/C15H14FN3S/c1-11-4-6-18-15(19-11)20-10-13-7-12(3-2-5-17)8-14(16)9-13/h4,6-9H,5,10,17H2,1H3. The van der Waals surface area contributed by atoms with E-state index >= 15 is 0 Å². The van der Waals surface area contributed by atoms with Crippen LogP contribution in [0, 0.1) is 24.6 Å². The molecule has 1 heterocycles. The van der Waals surface area contributed by atoms with Crippen LogP contribution in [-0.2, 0) is 5.75 Å². The summed E-state index contributed by atoms with van der Waals surface area (Å²) < 4.78 is 13.5. The Morgan fingerprint density at radius 2 is 2.20 bits per heavy atom. The Balaban J connectivity index is 2.11. The van der Waals surface area contributed by atoms with Crippen LogP contribution in [0.25, 0.3) is 0 Å². The van der Waals surface area contributed by atoms with Crippen molar-refractivity contribution in [2.24, 2.45) is 5.73 Å². The maximum atomic E-state index is 13.5. The Kier molecular flexibility index (Phi) is 5.10. The molecule has 0 unspecified atom stereocenters. The van der Waals surface area contributed by atoms with Gasteiger partial charge in [-0.1, -0.05) is 23.6 Å². The number of benzene rings is 1. The van der Waals surface area contributed by atoms with Gasteiger partial charge in [0, 0.05) is 23.2 Å². The molecule has 0 bridgehead atoms. The van der Waals surface area contributed by atoms with Crippen LogP contribution in [0.1, 0.15) is 16.8 Å². The van der Waals surface area contributed by atoms with Gasteiger partial charge in [-0.05, 0) is 36.8 Å². The normalized spacial score (nSPS) is 9.95. The molecule has 0 radical (unpaired) electrons. The molecule has 20 heavy (non-hydrogen) atoms. The molecule has 2 N–H and O–H groups in total. The number of hydrogen-bond donors (Lipinski definition) is 1. The van der Waals surface area contributed by atoms with Crippen LogP contribution in [0.5, 0.6) is 0 Å². The Morgan fingerprint density at radius 3 is 2.95 bits per heavy atom. The predicted octanol–water partition coefficient (Wildman–Crippen LogP) is 2.53. The van der Waals surface area contributed by atoms with Crippen molar-refractivity contribution in [1.82, 2.24) is 9.97 Å². The van der Waals surface area contributed by atoms with Crippen molar-refractivity contribution in [2.45, 2.75) is 17.8 Å². The van der Waals surface area contributed by atoms with Gasteiger partial charge in [-0.2, -0.15) is 0 Å². The van der Waals surface area contributed by atoms with E-state index in [1.54, 1.807) is 6.20 Å². The molecular weight excluding hydrogens is 273 g/mol. The number of aryl methyl sites for hydroxylation is 1. The second-order valence-electron chi connectivity index (χ2n) is 4.12. The molecule has 5 heteroatoms. The molecule has 0 saturated carbocycles. The number of nitrogens with two attached hydrogens (primary N) is 1. The van der Waals surface area contributed by atoms with Gasteiger partial charge in [0.15, 0.2) is 5.16 Å². The highest BCUT2D eigenvalue weighted by atomic mass is 32.2. The van der Waals surface area contributed by atoms with E-state index in [-0.39, 0.29) is 12.4 Å². The fourth-order valence-corrected chi connectivity index (χ4v) is 2.41. The van der Waals surface area contributed by atoms with Crippen LogP contribution >= 0.6 is 11.8 Å². The number of hydrogen-bond acceptors (Lipinski definition) is 4. The molecule has 0 amide bonds. The third-order valence-corrected chi connectivity index (χ3v) is 3.37. The summed E-state index contributed by atoms with van der Waals surface area (Å²) in [4.78, 5) is 8.46. The van der Waals surface area contributed by atoms with Crippen molar-refractivity contribution in [1.29, 1.82) is 0 Å². The van der Waals surface area contributed by atoms with Crippen molar-refractivity contribution in [3.05, 3.63) is 53.1 Å². The molecule has 2 rings (SSSR count). The zero-order valence-electron chi connectivity index (χ0n) is 11.1. The summed E-state index contributed by atoms with van der Waals surface area (Å²) in [5, 5.41) is 0.684. The quantitative estimate of drug-likeness (QED) is 0.535. The molecule has 1 aromatic carbocycles. The second kappa shape index (κ2) is 7.04. The summed E-state index contributed by atoms with van der Waals surface area (Å²) in [6, 6.07) is 6.59. The molecule has 0 spiro atoms. The molecule has 0 aliphatic rings. The summed E-state index contributed by atoms with van der Waals surface area (Å²) in [5.41, 5.74) is 7.71. The molecule has 1 aromatic heterocycles. The zero-order chi connectivity index (χ0) is 14.4. The number of thioether (sulfide) groups is 1. The maximum absolute atomic E-state index is 13.5. The lowest BCUT2D eigenvalue weighted by Gasteiger charge is -2.03. The average molecular weight is 287 g/mol. The summed E-state index contributed by atoms with van der Waals surface area (Å²) in [5.74, 6) is 5.86. The van der Waals surface area contributed by atoms with E-state index in [4.69, 9.17) is 5.73 Å². The molecular formula is C15H14FN3S. The van der Waals surface area contributed by atoms with Gasteiger partial charge in [-0.3, -0.25) is 0 Å². The molecule has 0 aliphatic carbocycles. The van der Waals surface area contributed by atoms with Gasteiger partial charge < -0.3 is 5.73 Å². The third-order valence-electron chi connectivity index (χ3n) is 2.43. The zero-order valence-corrected chi connectivity index (χ0v) is 11.9. The lowest BCUT2D eigenvalue weighted by Crippen LogP contribution is -1.94. The average Bonchev–Trinajstić information content (AvgIpc) is 2.42. The second-order valence-corrected chi connectivity index (χ2v) is 5.07. The summed E-state index contributed by atoms with van der Waals surface area (Å²) in [7, 11) is 0. The van der Waals surface area contributed by atoms with E-state index < -0.39 is 0 Å². The van der Waals surface area contributed by atoms with Gasteiger partial charge in [0.1, 0.15) is 5.82 Å². The van der Waals surface area contributed by atoms with Gasteiger partial charge in [0.2, 0.25) is 0 Å². The van der Waals surface area contributed by atoms with Gasteiger partial charge >= 0.3 is 0 Å². The number of halogens is 1. The van der Waals surface area contributed by atoms with Gasteiger partial charge in [0.25, 0.3) is 0 Å². The van der Waals surface area contributed by atoms with Crippen LogP contribution in [0.3, 0.4) is 0 Å². The smallest absolute Gasteiger partial charge is 0.188 e. The minimum atomic E-state index is -0.297.